The molecule has 1 aromatic heterocycles. The number of sulfonamides is 1. The first kappa shape index (κ1) is 17.0. The third-order valence-corrected chi connectivity index (χ3v) is 7.64. The van der Waals surface area contributed by atoms with E-state index in [-0.39, 0.29) is 0 Å². The summed E-state index contributed by atoms with van der Waals surface area (Å²) in [5.74, 6) is 0.895. The SMILES string of the molecule is CSC1CCCCN(c2ccc(S(=O)(=O)N3CCCC3)cn2)C1. The first-order chi connectivity index (χ1) is 11.1. The molecule has 1 atom stereocenters. The van der Waals surface area contributed by atoms with Gasteiger partial charge in [-0.2, -0.15) is 16.1 Å². The van der Waals surface area contributed by atoms with Crippen molar-refractivity contribution in [1.82, 2.24) is 9.29 Å². The van der Waals surface area contributed by atoms with Crippen molar-refractivity contribution >= 4 is 27.6 Å². The summed E-state index contributed by atoms with van der Waals surface area (Å²) in [5, 5.41) is 0.632. The van der Waals surface area contributed by atoms with Crippen LogP contribution in [-0.4, -0.2) is 55.4 Å². The van der Waals surface area contributed by atoms with Crippen LogP contribution >= 0.6 is 11.8 Å². The molecule has 0 radical (unpaired) electrons. The van der Waals surface area contributed by atoms with Crippen LogP contribution in [-0.2, 0) is 10.0 Å². The molecule has 3 heterocycles. The van der Waals surface area contributed by atoms with Gasteiger partial charge in [-0.3, -0.25) is 0 Å². The number of hydrogen-bond acceptors (Lipinski definition) is 5. The molecule has 0 amide bonds. The number of pyridine rings is 1. The maximum Gasteiger partial charge on any atom is 0.244 e. The summed E-state index contributed by atoms with van der Waals surface area (Å²) in [7, 11) is -3.36. The number of anilines is 1. The molecule has 2 aliphatic heterocycles. The Balaban J connectivity index is 1.76. The van der Waals surface area contributed by atoms with E-state index in [1.807, 2.05) is 17.8 Å². The molecule has 0 aromatic carbocycles. The van der Waals surface area contributed by atoms with Crippen LogP contribution in [0, 0.1) is 0 Å². The van der Waals surface area contributed by atoms with Crippen molar-refractivity contribution in [3.63, 3.8) is 0 Å². The first-order valence-corrected chi connectivity index (χ1v) is 11.1. The van der Waals surface area contributed by atoms with Gasteiger partial charge in [-0.1, -0.05) is 6.42 Å². The lowest BCUT2D eigenvalue weighted by molar-refractivity contribution is 0.477. The number of aromatic nitrogens is 1. The second-order valence-corrected chi connectivity index (χ2v) is 9.34. The summed E-state index contributed by atoms with van der Waals surface area (Å²) < 4.78 is 26.7. The molecular formula is C16H25N3O2S2. The van der Waals surface area contributed by atoms with E-state index in [0.717, 1.165) is 31.7 Å². The van der Waals surface area contributed by atoms with Crippen LogP contribution in [0.25, 0.3) is 0 Å². The lowest BCUT2D eigenvalue weighted by Crippen LogP contribution is -2.31. The van der Waals surface area contributed by atoms with Gasteiger partial charge in [0.1, 0.15) is 10.7 Å². The Morgan fingerprint density at radius 3 is 2.52 bits per heavy atom. The summed E-state index contributed by atoms with van der Waals surface area (Å²) in [6.07, 6.45) is 9.27. The molecule has 7 heteroatoms. The highest BCUT2D eigenvalue weighted by Crippen LogP contribution is 2.25. The Kier molecular flexibility index (Phi) is 5.49. The largest absolute Gasteiger partial charge is 0.356 e. The van der Waals surface area contributed by atoms with Crippen LogP contribution in [0.5, 0.6) is 0 Å². The third kappa shape index (κ3) is 3.83. The zero-order chi connectivity index (χ0) is 16.3. The van der Waals surface area contributed by atoms with Crippen molar-refractivity contribution in [3.05, 3.63) is 18.3 Å². The van der Waals surface area contributed by atoms with Gasteiger partial charge in [0.15, 0.2) is 0 Å². The minimum atomic E-state index is -3.36. The molecule has 0 spiro atoms. The highest BCUT2D eigenvalue weighted by Gasteiger charge is 2.27. The van der Waals surface area contributed by atoms with Crippen LogP contribution in [0.3, 0.4) is 0 Å². The Morgan fingerprint density at radius 2 is 1.87 bits per heavy atom. The predicted molar refractivity (Wildman–Crippen MR) is 95.6 cm³/mol. The first-order valence-electron chi connectivity index (χ1n) is 8.35. The van der Waals surface area contributed by atoms with Crippen LogP contribution in [0.15, 0.2) is 23.2 Å². The third-order valence-electron chi connectivity index (χ3n) is 4.71. The molecule has 0 N–H and O–H groups in total. The van der Waals surface area contributed by atoms with Gasteiger partial charge < -0.3 is 4.90 Å². The van der Waals surface area contributed by atoms with Crippen LogP contribution in [0.1, 0.15) is 32.1 Å². The van der Waals surface area contributed by atoms with Crippen molar-refractivity contribution in [2.45, 2.75) is 42.2 Å². The molecule has 1 unspecified atom stereocenters. The van der Waals surface area contributed by atoms with E-state index in [4.69, 9.17) is 0 Å². The van der Waals surface area contributed by atoms with E-state index < -0.39 is 10.0 Å². The molecule has 5 nitrogen and oxygen atoms in total. The zero-order valence-electron chi connectivity index (χ0n) is 13.6. The van der Waals surface area contributed by atoms with Crippen molar-refractivity contribution in [2.24, 2.45) is 0 Å². The van der Waals surface area contributed by atoms with E-state index in [1.54, 1.807) is 10.4 Å². The normalized spacial score (nSPS) is 23.9. The second kappa shape index (κ2) is 7.40. The molecule has 3 rings (SSSR count). The van der Waals surface area contributed by atoms with Crippen molar-refractivity contribution in [3.8, 4) is 0 Å². The van der Waals surface area contributed by atoms with E-state index in [2.05, 4.69) is 16.1 Å². The van der Waals surface area contributed by atoms with Gasteiger partial charge in [0.05, 0.1) is 0 Å². The summed E-state index contributed by atoms with van der Waals surface area (Å²) in [5.41, 5.74) is 0. The Hall–Kier alpha value is -0.790. The highest BCUT2D eigenvalue weighted by molar-refractivity contribution is 7.99. The second-order valence-electron chi connectivity index (χ2n) is 6.26. The lowest BCUT2D eigenvalue weighted by atomic mass is 10.2. The molecule has 0 aliphatic carbocycles. The number of hydrogen-bond donors (Lipinski definition) is 0. The fraction of sp³-hybridized carbons (Fsp3) is 0.688. The van der Waals surface area contributed by atoms with Gasteiger partial charge in [0, 0.05) is 37.6 Å². The molecule has 2 aliphatic rings. The minimum Gasteiger partial charge on any atom is -0.356 e. The topological polar surface area (TPSA) is 53.5 Å². The van der Waals surface area contributed by atoms with E-state index >= 15 is 0 Å². The molecule has 0 saturated carbocycles. The van der Waals surface area contributed by atoms with Gasteiger partial charge in [-0.05, 0) is 44.1 Å². The van der Waals surface area contributed by atoms with Crippen LogP contribution in [0.2, 0.25) is 0 Å². The van der Waals surface area contributed by atoms with Crippen molar-refractivity contribution < 1.29 is 8.42 Å². The Morgan fingerprint density at radius 1 is 1.13 bits per heavy atom. The Bertz CT molecular complexity index is 613. The molecular weight excluding hydrogens is 330 g/mol. The maximum absolute atomic E-state index is 12.5. The summed E-state index contributed by atoms with van der Waals surface area (Å²) in [6, 6.07) is 3.58. The average Bonchev–Trinajstić information content (AvgIpc) is 3.01. The summed E-state index contributed by atoms with van der Waals surface area (Å²) >= 11 is 1.91. The fourth-order valence-electron chi connectivity index (χ4n) is 3.29. The lowest BCUT2D eigenvalue weighted by Gasteiger charge is -2.25. The summed E-state index contributed by atoms with van der Waals surface area (Å²) in [4.78, 5) is 7.07. The molecule has 1 aromatic rings. The number of thioether (sulfide) groups is 1. The molecule has 23 heavy (non-hydrogen) atoms. The fourth-order valence-corrected chi connectivity index (χ4v) is 5.49. The van der Waals surface area contributed by atoms with Crippen LogP contribution < -0.4 is 4.90 Å². The van der Waals surface area contributed by atoms with Gasteiger partial charge in [-0.25, -0.2) is 13.4 Å². The van der Waals surface area contributed by atoms with Gasteiger partial charge in [-0.15, -0.1) is 0 Å². The van der Waals surface area contributed by atoms with E-state index in [9.17, 15) is 8.42 Å². The van der Waals surface area contributed by atoms with Crippen LogP contribution in [0.4, 0.5) is 5.82 Å². The average molecular weight is 356 g/mol. The monoisotopic (exact) mass is 355 g/mol. The standard InChI is InChI=1S/C16H25N3O2S2/c1-22-14-6-2-3-9-18(13-14)16-8-7-15(12-17-16)23(20,21)19-10-4-5-11-19/h7-8,12,14H,2-6,9-11,13H2,1H3. The number of rotatable bonds is 4. The quantitative estimate of drug-likeness (QED) is 0.831. The smallest absolute Gasteiger partial charge is 0.244 e. The number of nitrogens with zero attached hydrogens (tertiary/aromatic N) is 3. The predicted octanol–water partition coefficient (Wildman–Crippen LogP) is 2.59. The van der Waals surface area contributed by atoms with Gasteiger partial charge in [0.25, 0.3) is 0 Å². The molecule has 128 valence electrons. The van der Waals surface area contributed by atoms with E-state index in [0.29, 0.717) is 23.2 Å². The van der Waals surface area contributed by atoms with Gasteiger partial charge in [0.2, 0.25) is 10.0 Å². The molecule has 2 fully saturated rings. The summed E-state index contributed by atoms with van der Waals surface area (Å²) in [6.45, 7) is 3.26. The highest BCUT2D eigenvalue weighted by atomic mass is 32.2. The molecule has 2 saturated heterocycles. The Labute approximate surface area is 143 Å². The van der Waals surface area contributed by atoms with Crippen molar-refractivity contribution in [1.29, 1.82) is 0 Å². The minimum absolute atomic E-state index is 0.319. The zero-order valence-corrected chi connectivity index (χ0v) is 15.3. The van der Waals surface area contributed by atoms with Crippen molar-refractivity contribution in [2.75, 3.05) is 37.3 Å². The molecule has 0 bridgehead atoms. The maximum atomic E-state index is 12.5. The van der Waals surface area contributed by atoms with Gasteiger partial charge >= 0.3 is 0 Å². The van der Waals surface area contributed by atoms with E-state index in [1.165, 1.54) is 25.5 Å².